The molecule has 1 saturated carbocycles. The van der Waals surface area contributed by atoms with Crippen LogP contribution in [0.5, 0.6) is 0 Å². The monoisotopic (exact) mass is 499 g/mol. The summed E-state index contributed by atoms with van der Waals surface area (Å²) in [6.07, 6.45) is 5.15. The Labute approximate surface area is 204 Å². The second kappa shape index (κ2) is 9.78. The first kappa shape index (κ1) is 22.9. The maximum absolute atomic E-state index is 12.6. The number of nitrogens with zero attached hydrogens (tertiary/aromatic N) is 1. The number of nitrogens with one attached hydrogen (secondary N) is 2. The smallest absolute Gasteiger partial charge is 0.240 e. The van der Waals surface area contributed by atoms with Crippen molar-refractivity contribution in [1.29, 1.82) is 0 Å². The number of anilines is 1. The van der Waals surface area contributed by atoms with Gasteiger partial charge in [0.15, 0.2) is 5.13 Å². The molecular weight excluding hydrogens is 470 g/mol. The number of hydrogen-bond donors (Lipinski definition) is 2. The molecule has 2 aromatic carbocycles. The zero-order valence-electron chi connectivity index (χ0n) is 18.7. The third-order valence-electron chi connectivity index (χ3n) is 6.49. The Hall–Kier alpha value is -1.87. The Bertz CT molecular complexity index is 1210. The van der Waals surface area contributed by atoms with Crippen LogP contribution in [0.15, 0.2) is 58.3 Å². The molecule has 0 spiro atoms. The normalized spacial score (nSPS) is 20.5. The predicted octanol–water partition coefficient (Wildman–Crippen LogP) is 5.72. The van der Waals surface area contributed by atoms with Crippen LogP contribution in [-0.2, 0) is 16.4 Å². The van der Waals surface area contributed by atoms with E-state index >= 15 is 0 Å². The van der Waals surface area contributed by atoms with Crippen molar-refractivity contribution in [2.45, 2.75) is 54.9 Å². The van der Waals surface area contributed by atoms with Gasteiger partial charge in [-0.25, -0.2) is 18.1 Å². The van der Waals surface area contributed by atoms with Crippen LogP contribution < -0.4 is 10.0 Å². The largest absolute Gasteiger partial charge is 0.359 e. The summed E-state index contributed by atoms with van der Waals surface area (Å²) in [6.45, 7) is 2.46. The van der Waals surface area contributed by atoms with Crippen LogP contribution in [0.1, 0.15) is 36.1 Å². The van der Waals surface area contributed by atoms with E-state index in [1.807, 2.05) is 30.8 Å². The molecule has 0 atom stereocenters. The third kappa shape index (κ3) is 5.29. The first-order valence-corrected chi connectivity index (χ1v) is 14.8. The minimum absolute atomic E-state index is 0.340. The highest BCUT2D eigenvalue weighted by molar-refractivity contribution is 7.99. The lowest BCUT2D eigenvalue weighted by atomic mass is 9.86. The summed E-state index contributed by atoms with van der Waals surface area (Å²) in [5.41, 5.74) is 3.45. The molecule has 33 heavy (non-hydrogen) atoms. The minimum Gasteiger partial charge on any atom is -0.359 e. The number of rotatable bonds is 6. The van der Waals surface area contributed by atoms with E-state index in [2.05, 4.69) is 34.3 Å². The van der Waals surface area contributed by atoms with E-state index in [1.165, 1.54) is 15.3 Å². The van der Waals surface area contributed by atoms with Crippen molar-refractivity contribution in [2.75, 3.05) is 17.6 Å². The van der Waals surface area contributed by atoms with E-state index in [4.69, 9.17) is 4.98 Å². The SMILES string of the molecule is Cc1ccc(S(=O)(=O)NCC2CCC(Nc3nc4c(s3)CCSc3ccccc3-4)CC2)cc1. The average molecular weight is 500 g/mol. The van der Waals surface area contributed by atoms with Gasteiger partial charge in [-0.3, -0.25) is 0 Å². The summed E-state index contributed by atoms with van der Waals surface area (Å²) >= 11 is 3.71. The Morgan fingerprint density at radius 3 is 2.58 bits per heavy atom. The topological polar surface area (TPSA) is 71.1 Å². The molecule has 174 valence electrons. The molecule has 0 unspecified atom stereocenters. The summed E-state index contributed by atoms with van der Waals surface area (Å²) < 4.78 is 28.0. The molecule has 0 radical (unpaired) electrons. The van der Waals surface area contributed by atoms with E-state index in [0.717, 1.165) is 54.2 Å². The lowest BCUT2D eigenvalue weighted by molar-refractivity contribution is 0.337. The van der Waals surface area contributed by atoms with Gasteiger partial charge in [0, 0.05) is 33.7 Å². The maximum Gasteiger partial charge on any atom is 0.240 e. The van der Waals surface area contributed by atoms with Gasteiger partial charge in [-0.05, 0) is 63.1 Å². The fourth-order valence-corrected chi connectivity index (χ4v) is 7.87. The van der Waals surface area contributed by atoms with Gasteiger partial charge >= 0.3 is 0 Å². The lowest BCUT2D eigenvalue weighted by Crippen LogP contribution is -2.34. The van der Waals surface area contributed by atoms with Crippen molar-refractivity contribution >= 4 is 38.3 Å². The van der Waals surface area contributed by atoms with Gasteiger partial charge in [-0.2, -0.15) is 0 Å². The molecule has 2 N–H and O–H groups in total. The molecule has 8 heteroatoms. The number of aryl methyl sites for hydroxylation is 2. The summed E-state index contributed by atoms with van der Waals surface area (Å²) in [7, 11) is -3.44. The number of thioether (sulfide) groups is 1. The van der Waals surface area contributed by atoms with E-state index in [9.17, 15) is 8.42 Å². The fourth-order valence-electron chi connectivity index (χ4n) is 4.55. The Morgan fingerprint density at radius 2 is 1.79 bits per heavy atom. The van der Waals surface area contributed by atoms with E-state index in [-0.39, 0.29) is 0 Å². The highest BCUT2D eigenvalue weighted by atomic mass is 32.2. The Morgan fingerprint density at radius 1 is 1.03 bits per heavy atom. The first-order valence-electron chi connectivity index (χ1n) is 11.5. The van der Waals surface area contributed by atoms with E-state index in [0.29, 0.717) is 23.4 Å². The van der Waals surface area contributed by atoms with Gasteiger partial charge in [0.1, 0.15) is 0 Å². The van der Waals surface area contributed by atoms with Crippen molar-refractivity contribution in [3.8, 4) is 11.3 Å². The fraction of sp³-hybridized carbons (Fsp3) is 0.400. The molecule has 2 heterocycles. The Kier molecular flexibility index (Phi) is 6.79. The molecule has 1 fully saturated rings. The van der Waals surface area contributed by atoms with Crippen LogP contribution in [0.2, 0.25) is 0 Å². The van der Waals surface area contributed by atoms with Crippen LogP contribution in [0.3, 0.4) is 0 Å². The van der Waals surface area contributed by atoms with Crippen molar-refractivity contribution in [3.63, 3.8) is 0 Å². The van der Waals surface area contributed by atoms with Gasteiger partial charge in [0.05, 0.1) is 10.6 Å². The molecule has 3 aromatic rings. The van der Waals surface area contributed by atoms with Crippen molar-refractivity contribution in [1.82, 2.24) is 9.71 Å². The van der Waals surface area contributed by atoms with Crippen molar-refractivity contribution < 1.29 is 8.42 Å². The van der Waals surface area contributed by atoms with Crippen LogP contribution in [0, 0.1) is 12.8 Å². The van der Waals surface area contributed by atoms with Gasteiger partial charge < -0.3 is 5.32 Å². The molecule has 0 bridgehead atoms. The number of thiazole rings is 1. The zero-order chi connectivity index (χ0) is 22.8. The highest BCUT2D eigenvalue weighted by Crippen LogP contribution is 2.41. The first-order chi connectivity index (χ1) is 16.0. The minimum atomic E-state index is -3.44. The maximum atomic E-state index is 12.6. The van der Waals surface area contributed by atoms with Crippen LogP contribution in [0.4, 0.5) is 5.13 Å². The van der Waals surface area contributed by atoms with E-state index < -0.39 is 10.0 Å². The standard InChI is InChI=1S/C25H29N3O2S3/c1-17-6-12-20(13-7-17)33(29,30)26-16-18-8-10-19(11-9-18)27-25-28-24-21-4-2-3-5-22(21)31-15-14-23(24)32-25/h2-7,12-13,18-19,26H,8-11,14-16H2,1H3,(H,27,28). The number of sulfonamides is 1. The molecule has 5 rings (SSSR count). The molecular formula is C25H29N3O2S3. The predicted molar refractivity (Wildman–Crippen MR) is 138 cm³/mol. The average Bonchev–Trinajstić information content (AvgIpc) is 3.13. The quantitative estimate of drug-likeness (QED) is 0.454. The van der Waals surface area contributed by atoms with Crippen molar-refractivity contribution in [3.05, 3.63) is 59.0 Å². The zero-order valence-corrected chi connectivity index (χ0v) is 21.2. The van der Waals surface area contributed by atoms with E-state index in [1.54, 1.807) is 23.5 Å². The molecule has 2 aliphatic rings. The highest BCUT2D eigenvalue weighted by Gasteiger charge is 2.25. The second-order valence-corrected chi connectivity index (χ2v) is 12.9. The Balaban J connectivity index is 1.16. The lowest BCUT2D eigenvalue weighted by Gasteiger charge is -2.29. The van der Waals surface area contributed by atoms with Crippen molar-refractivity contribution in [2.24, 2.45) is 5.92 Å². The molecule has 0 amide bonds. The summed E-state index contributed by atoms with van der Waals surface area (Å²) in [5, 5.41) is 4.69. The summed E-state index contributed by atoms with van der Waals surface area (Å²) in [4.78, 5) is 8.01. The number of hydrogen-bond acceptors (Lipinski definition) is 6. The van der Waals surface area contributed by atoms with Crippen LogP contribution in [0.25, 0.3) is 11.3 Å². The molecule has 1 aromatic heterocycles. The molecule has 5 nitrogen and oxygen atoms in total. The summed E-state index contributed by atoms with van der Waals surface area (Å²) in [5.74, 6) is 1.47. The van der Waals surface area contributed by atoms with Crippen LogP contribution in [-0.4, -0.2) is 31.7 Å². The number of fused-ring (bicyclic) bond motifs is 3. The van der Waals surface area contributed by atoms with Gasteiger partial charge in [0.2, 0.25) is 10.0 Å². The number of aromatic nitrogens is 1. The van der Waals surface area contributed by atoms with Gasteiger partial charge in [0.25, 0.3) is 0 Å². The van der Waals surface area contributed by atoms with Gasteiger partial charge in [-0.15, -0.1) is 23.1 Å². The molecule has 1 aliphatic carbocycles. The second-order valence-electron chi connectivity index (χ2n) is 8.91. The third-order valence-corrected chi connectivity index (χ3v) is 10.1. The number of benzene rings is 2. The molecule has 0 saturated heterocycles. The van der Waals surface area contributed by atoms with Crippen LogP contribution >= 0.6 is 23.1 Å². The summed E-state index contributed by atoms with van der Waals surface area (Å²) in [6, 6.07) is 16.0. The molecule has 1 aliphatic heterocycles. The van der Waals surface area contributed by atoms with Gasteiger partial charge in [-0.1, -0.05) is 35.9 Å².